The summed E-state index contributed by atoms with van der Waals surface area (Å²) in [6.45, 7) is 2.29. The van der Waals surface area contributed by atoms with Gasteiger partial charge in [-0.25, -0.2) is 4.39 Å². The molecule has 1 heteroatoms. The second-order valence-electron chi connectivity index (χ2n) is 7.75. The zero-order valence-electron chi connectivity index (χ0n) is 15.1. The Kier molecular flexibility index (Phi) is 6.29. The van der Waals surface area contributed by atoms with Crippen LogP contribution in [-0.4, -0.2) is 0 Å². The van der Waals surface area contributed by atoms with Crippen molar-refractivity contribution in [1.82, 2.24) is 0 Å². The Morgan fingerprint density at radius 3 is 2.25 bits per heavy atom. The van der Waals surface area contributed by atoms with Crippen molar-refractivity contribution in [3.05, 3.63) is 47.8 Å². The van der Waals surface area contributed by atoms with E-state index >= 15 is 0 Å². The lowest BCUT2D eigenvalue weighted by atomic mass is 9.77. The first kappa shape index (κ1) is 17.5. The van der Waals surface area contributed by atoms with Crippen LogP contribution in [0.2, 0.25) is 0 Å². The summed E-state index contributed by atoms with van der Waals surface area (Å²) >= 11 is 0. The lowest BCUT2D eigenvalue weighted by Crippen LogP contribution is -2.15. The fourth-order valence-corrected chi connectivity index (χ4v) is 4.28. The quantitative estimate of drug-likeness (QED) is 0.468. The number of benzene rings is 2. The third-order valence-corrected chi connectivity index (χ3v) is 5.89. The van der Waals surface area contributed by atoms with E-state index in [-0.39, 0.29) is 5.82 Å². The number of halogens is 1. The molecule has 2 aromatic carbocycles. The van der Waals surface area contributed by atoms with E-state index in [4.69, 9.17) is 0 Å². The molecule has 0 aromatic heterocycles. The molecule has 0 amide bonds. The highest BCUT2D eigenvalue weighted by atomic mass is 19.1. The van der Waals surface area contributed by atoms with Crippen molar-refractivity contribution in [3.63, 3.8) is 0 Å². The van der Waals surface area contributed by atoms with Gasteiger partial charge in [0.25, 0.3) is 0 Å². The average molecular weight is 326 g/mol. The minimum absolute atomic E-state index is 0.147. The molecule has 1 aliphatic rings. The molecule has 1 fully saturated rings. The van der Waals surface area contributed by atoms with Crippen molar-refractivity contribution >= 4 is 10.8 Å². The molecule has 0 saturated heterocycles. The molecule has 0 unspecified atom stereocenters. The molecule has 0 N–H and O–H groups in total. The van der Waals surface area contributed by atoms with Crippen molar-refractivity contribution in [2.45, 2.75) is 71.1 Å². The van der Waals surface area contributed by atoms with Gasteiger partial charge < -0.3 is 0 Å². The molecule has 2 aromatic rings. The smallest absolute Gasteiger partial charge is 0.123 e. The van der Waals surface area contributed by atoms with E-state index in [0.29, 0.717) is 0 Å². The van der Waals surface area contributed by atoms with Crippen LogP contribution < -0.4 is 0 Å². The molecule has 1 aliphatic carbocycles. The van der Waals surface area contributed by atoms with E-state index in [1.807, 2.05) is 6.07 Å². The van der Waals surface area contributed by atoms with E-state index in [1.54, 1.807) is 12.1 Å². The topological polar surface area (TPSA) is 0 Å². The van der Waals surface area contributed by atoms with E-state index in [0.717, 1.165) is 22.6 Å². The van der Waals surface area contributed by atoms with Crippen LogP contribution in [0.1, 0.15) is 70.3 Å². The normalized spacial score (nSPS) is 21.2. The largest absolute Gasteiger partial charge is 0.207 e. The molecule has 0 radical (unpaired) electrons. The fraction of sp³-hybridized carbons (Fsp3) is 0.565. The predicted octanol–water partition coefficient (Wildman–Crippen LogP) is 7.30. The molecule has 0 aliphatic heterocycles. The average Bonchev–Trinajstić information content (AvgIpc) is 2.61. The Bertz CT molecular complexity index is 638. The highest BCUT2D eigenvalue weighted by molar-refractivity contribution is 5.83. The summed E-state index contributed by atoms with van der Waals surface area (Å²) < 4.78 is 13.3. The molecule has 130 valence electrons. The lowest BCUT2D eigenvalue weighted by Gasteiger charge is -2.28. The van der Waals surface area contributed by atoms with Crippen molar-refractivity contribution in [1.29, 1.82) is 0 Å². The Morgan fingerprint density at radius 2 is 1.50 bits per heavy atom. The maximum absolute atomic E-state index is 13.3. The van der Waals surface area contributed by atoms with Crippen LogP contribution in [0.4, 0.5) is 4.39 Å². The van der Waals surface area contributed by atoms with Gasteiger partial charge in [0.2, 0.25) is 0 Å². The van der Waals surface area contributed by atoms with Crippen molar-refractivity contribution < 1.29 is 4.39 Å². The van der Waals surface area contributed by atoms with E-state index in [1.165, 1.54) is 69.8 Å². The van der Waals surface area contributed by atoms with Gasteiger partial charge in [0.1, 0.15) is 5.82 Å². The van der Waals surface area contributed by atoms with Gasteiger partial charge in [-0.1, -0.05) is 82.6 Å². The monoisotopic (exact) mass is 326 g/mol. The van der Waals surface area contributed by atoms with Crippen LogP contribution in [0.25, 0.3) is 10.8 Å². The summed E-state index contributed by atoms with van der Waals surface area (Å²) in [7, 11) is 0. The summed E-state index contributed by atoms with van der Waals surface area (Å²) in [5, 5.41) is 2.17. The molecular formula is C23H31F. The van der Waals surface area contributed by atoms with Gasteiger partial charge in [0, 0.05) is 0 Å². The van der Waals surface area contributed by atoms with Crippen LogP contribution in [0, 0.1) is 17.7 Å². The summed E-state index contributed by atoms with van der Waals surface area (Å²) in [5.41, 5.74) is 1.40. The molecule has 1 saturated carbocycles. The van der Waals surface area contributed by atoms with Crippen molar-refractivity contribution in [3.8, 4) is 0 Å². The van der Waals surface area contributed by atoms with Gasteiger partial charge in [-0.3, -0.25) is 0 Å². The molecule has 0 heterocycles. The van der Waals surface area contributed by atoms with Gasteiger partial charge in [-0.15, -0.1) is 0 Å². The zero-order chi connectivity index (χ0) is 16.8. The molecule has 3 rings (SSSR count). The molecule has 0 bridgehead atoms. The first-order valence-corrected chi connectivity index (χ1v) is 9.93. The number of fused-ring (bicyclic) bond motifs is 1. The maximum atomic E-state index is 13.3. The van der Waals surface area contributed by atoms with Gasteiger partial charge in [0.15, 0.2) is 0 Å². The number of rotatable bonds is 7. The number of hydrogen-bond acceptors (Lipinski definition) is 0. The SMILES string of the molecule is CCCCCC1CCC(CCc2ccc3cc(F)ccc3c2)CC1. The van der Waals surface area contributed by atoms with Gasteiger partial charge in [-0.05, 0) is 53.1 Å². The van der Waals surface area contributed by atoms with Gasteiger partial charge >= 0.3 is 0 Å². The van der Waals surface area contributed by atoms with Gasteiger partial charge in [0.05, 0.1) is 0 Å². The lowest BCUT2D eigenvalue weighted by molar-refractivity contribution is 0.249. The second kappa shape index (κ2) is 8.65. The Morgan fingerprint density at radius 1 is 0.833 bits per heavy atom. The van der Waals surface area contributed by atoms with Crippen LogP contribution in [0.3, 0.4) is 0 Å². The zero-order valence-corrected chi connectivity index (χ0v) is 15.1. The Hall–Kier alpha value is -1.37. The molecular weight excluding hydrogens is 295 g/mol. The minimum Gasteiger partial charge on any atom is -0.207 e. The highest BCUT2D eigenvalue weighted by Crippen LogP contribution is 2.34. The molecule has 0 spiro atoms. The van der Waals surface area contributed by atoms with Crippen LogP contribution in [0.5, 0.6) is 0 Å². The summed E-state index contributed by atoms with van der Waals surface area (Å²) in [6, 6.07) is 11.6. The van der Waals surface area contributed by atoms with E-state index in [2.05, 4.69) is 25.1 Å². The molecule has 0 nitrogen and oxygen atoms in total. The Labute approximate surface area is 146 Å². The molecule has 0 atom stereocenters. The van der Waals surface area contributed by atoms with Crippen LogP contribution in [0.15, 0.2) is 36.4 Å². The van der Waals surface area contributed by atoms with Crippen LogP contribution in [-0.2, 0) is 6.42 Å². The number of hydrogen-bond donors (Lipinski definition) is 0. The second-order valence-corrected chi connectivity index (χ2v) is 7.75. The third-order valence-electron chi connectivity index (χ3n) is 5.89. The number of aryl methyl sites for hydroxylation is 1. The first-order chi connectivity index (χ1) is 11.7. The van der Waals surface area contributed by atoms with E-state index < -0.39 is 0 Å². The summed E-state index contributed by atoms with van der Waals surface area (Å²) in [4.78, 5) is 0. The third kappa shape index (κ3) is 4.82. The van der Waals surface area contributed by atoms with Crippen molar-refractivity contribution in [2.75, 3.05) is 0 Å². The number of unbranched alkanes of at least 4 members (excludes halogenated alkanes) is 2. The standard InChI is InChI=1S/C23H31F/c1-2-3-4-5-18-6-8-19(9-7-18)10-11-20-12-13-22-17-23(24)15-14-21(22)16-20/h12-19H,2-11H2,1H3. The van der Waals surface area contributed by atoms with Crippen molar-refractivity contribution in [2.24, 2.45) is 11.8 Å². The first-order valence-electron chi connectivity index (χ1n) is 9.93. The highest BCUT2D eigenvalue weighted by Gasteiger charge is 2.20. The fourth-order valence-electron chi connectivity index (χ4n) is 4.28. The van der Waals surface area contributed by atoms with Crippen LogP contribution >= 0.6 is 0 Å². The predicted molar refractivity (Wildman–Crippen MR) is 102 cm³/mol. The minimum atomic E-state index is -0.147. The van der Waals surface area contributed by atoms with Gasteiger partial charge in [-0.2, -0.15) is 0 Å². The summed E-state index contributed by atoms with van der Waals surface area (Å²) in [5.74, 6) is 1.77. The Balaban J connectivity index is 1.46. The maximum Gasteiger partial charge on any atom is 0.123 e. The summed E-state index contributed by atoms with van der Waals surface area (Å²) in [6.07, 6.45) is 13.9. The molecule has 24 heavy (non-hydrogen) atoms. The van der Waals surface area contributed by atoms with E-state index in [9.17, 15) is 4.39 Å².